The third-order valence-electron chi connectivity index (χ3n) is 3.11. The van der Waals surface area contributed by atoms with E-state index in [4.69, 9.17) is 28.9 Å². The van der Waals surface area contributed by atoms with Crippen molar-refractivity contribution in [1.82, 2.24) is 4.98 Å². The second-order valence-corrected chi connectivity index (χ2v) is 5.10. The quantitative estimate of drug-likeness (QED) is 0.923. The van der Waals surface area contributed by atoms with Crippen molar-refractivity contribution in [2.75, 3.05) is 0 Å². The normalized spacial score (nSPS) is 14.2. The molecule has 1 aromatic heterocycles. The molecule has 4 heteroatoms. The van der Waals surface area contributed by atoms with E-state index in [0.717, 1.165) is 17.5 Å². The van der Waals surface area contributed by atoms with E-state index in [0.29, 0.717) is 10.0 Å². The lowest BCUT2D eigenvalue weighted by molar-refractivity contribution is 0.517. The fraction of sp³-hybridized carbons (Fsp3) is 0.214. The zero-order valence-electron chi connectivity index (χ0n) is 10.0. The standard InChI is InChI=1S/C14H14Cl2N2/c1-2-14(17,10-4-3-5-18-9-10)11-6-12(15)8-13(16)7-11/h3-9H,2,17H2,1H3. The van der Waals surface area contributed by atoms with E-state index in [-0.39, 0.29) is 0 Å². The summed E-state index contributed by atoms with van der Waals surface area (Å²) in [5.74, 6) is 0. The molecule has 0 amide bonds. The third kappa shape index (κ3) is 2.51. The van der Waals surface area contributed by atoms with Gasteiger partial charge in [0.1, 0.15) is 0 Å². The molecule has 0 aliphatic carbocycles. The van der Waals surface area contributed by atoms with Crippen LogP contribution in [0.5, 0.6) is 0 Å². The van der Waals surface area contributed by atoms with Gasteiger partial charge >= 0.3 is 0 Å². The van der Waals surface area contributed by atoms with E-state index in [2.05, 4.69) is 4.98 Å². The molecule has 0 saturated heterocycles. The molecule has 2 aromatic rings. The molecule has 0 spiro atoms. The lowest BCUT2D eigenvalue weighted by Gasteiger charge is -2.29. The predicted molar refractivity (Wildman–Crippen MR) is 76.0 cm³/mol. The van der Waals surface area contributed by atoms with Gasteiger partial charge in [0, 0.05) is 22.4 Å². The van der Waals surface area contributed by atoms with Crippen LogP contribution in [0.3, 0.4) is 0 Å². The van der Waals surface area contributed by atoms with Gasteiger partial charge in [-0.3, -0.25) is 4.98 Å². The molecular formula is C14H14Cl2N2. The van der Waals surface area contributed by atoms with Crippen molar-refractivity contribution in [3.05, 3.63) is 63.9 Å². The van der Waals surface area contributed by atoms with Gasteiger partial charge in [-0.2, -0.15) is 0 Å². The lowest BCUT2D eigenvalue weighted by atomic mass is 9.82. The number of pyridine rings is 1. The Kier molecular flexibility index (Phi) is 3.91. The summed E-state index contributed by atoms with van der Waals surface area (Å²) in [6.07, 6.45) is 4.23. The van der Waals surface area contributed by atoms with Crippen LogP contribution in [0.1, 0.15) is 24.5 Å². The highest BCUT2D eigenvalue weighted by atomic mass is 35.5. The smallest absolute Gasteiger partial charge is 0.0679 e. The van der Waals surface area contributed by atoms with Crippen molar-refractivity contribution in [1.29, 1.82) is 0 Å². The number of benzene rings is 1. The maximum Gasteiger partial charge on any atom is 0.0679 e. The van der Waals surface area contributed by atoms with E-state index in [9.17, 15) is 0 Å². The van der Waals surface area contributed by atoms with Gasteiger partial charge in [-0.15, -0.1) is 0 Å². The summed E-state index contributed by atoms with van der Waals surface area (Å²) >= 11 is 12.1. The highest BCUT2D eigenvalue weighted by molar-refractivity contribution is 6.34. The van der Waals surface area contributed by atoms with Crippen LogP contribution in [-0.2, 0) is 5.54 Å². The summed E-state index contributed by atoms with van der Waals surface area (Å²) < 4.78 is 0. The average molecular weight is 281 g/mol. The van der Waals surface area contributed by atoms with Crippen LogP contribution >= 0.6 is 23.2 Å². The topological polar surface area (TPSA) is 38.9 Å². The molecule has 2 rings (SSSR count). The predicted octanol–water partition coefficient (Wildman–Crippen LogP) is 4.00. The minimum Gasteiger partial charge on any atom is -0.318 e. The van der Waals surface area contributed by atoms with Crippen LogP contribution in [0.25, 0.3) is 0 Å². The summed E-state index contributed by atoms with van der Waals surface area (Å²) in [6, 6.07) is 9.24. The van der Waals surface area contributed by atoms with Gasteiger partial charge in [0.15, 0.2) is 0 Å². The average Bonchev–Trinajstić information content (AvgIpc) is 2.37. The first kappa shape index (κ1) is 13.3. The molecule has 0 saturated carbocycles. The van der Waals surface area contributed by atoms with E-state index < -0.39 is 5.54 Å². The molecule has 2 nitrogen and oxygen atoms in total. The Labute approximate surface area is 117 Å². The number of nitrogens with two attached hydrogens (primary N) is 1. The van der Waals surface area contributed by atoms with Crippen molar-refractivity contribution in [3.8, 4) is 0 Å². The second-order valence-electron chi connectivity index (χ2n) is 4.22. The van der Waals surface area contributed by atoms with Gasteiger partial charge in [0.2, 0.25) is 0 Å². The van der Waals surface area contributed by atoms with E-state index in [1.807, 2.05) is 31.2 Å². The molecule has 1 unspecified atom stereocenters. The molecule has 1 atom stereocenters. The van der Waals surface area contributed by atoms with Gasteiger partial charge in [-0.05, 0) is 41.8 Å². The van der Waals surface area contributed by atoms with Crippen LogP contribution in [0.4, 0.5) is 0 Å². The summed E-state index contributed by atoms with van der Waals surface area (Å²) in [6.45, 7) is 2.03. The Morgan fingerprint density at radius 2 is 1.83 bits per heavy atom. The number of nitrogens with zero attached hydrogens (tertiary/aromatic N) is 1. The van der Waals surface area contributed by atoms with Crippen LogP contribution < -0.4 is 5.73 Å². The summed E-state index contributed by atoms with van der Waals surface area (Å²) in [5.41, 5.74) is 7.75. The monoisotopic (exact) mass is 280 g/mol. The Morgan fingerprint density at radius 1 is 1.17 bits per heavy atom. The molecule has 0 bridgehead atoms. The summed E-state index contributed by atoms with van der Waals surface area (Å²) in [7, 11) is 0. The lowest BCUT2D eigenvalue weighted by Crippen LogP contribution is -2.37. The second kappa shape index (κ2) is 5.27. The van der Waals surface area contributed by atoms with Gasteiger partial charge < -0.3 is 5.73 Å². The first-order chi connectivity index (χ1) is 8.56. The fourth-order valence-electron chi connectivity index (χ4n) is 2.01. The van der Waals surface area contributed by atoms with Crippen LogP contribution in [-0.4, -0.2) is 4.98 Å². The summed E-state index contributed by atoms with van der Waals surface area (Å²) in [5, 5.41) is 1.18. The molecule has 94 valence electrons. The maximum atomic E-state index is 6.52. The van der Waals surface area contributed by atoms with E-state index in [1.54, 1.807) is 18.5 Å². The Bertz CT molecular complexity index is 522. The van der Waals surface area contributed by atoms with Crippen LogP contribution in [0.2, 0.25) is 10.0 Å². The molecule has 1 aromatic carbocycles. The van der Waals surface area contributed by atoms with Crippen molar-refractivity contribution in [2.45, 2.75) is 18.9 Å². The van der Waals surface area contributed by atoms with Crippen LogP contribution in [0.15, 0.2) is 42.7 Å². The Hall–Kier alpha value is -1.09. The van der Waals surface area contributed by atoms with E-state index in [1.165, 1.54) is 0 Å². The molecule has 0 aliphatic heterocycles. The number of rotatable bonds is 3. The Balaban J connectivity index is 2.56. The molecule has 18 heavy (non-hydrogen) atoms. The largest absolute Gasteiger partial charge is 0.318 e. The molecule has 2 N–H and O–H groups in total. The maximum absolute atomic E-state index is 6.52. The van der Waals surface area contributed by atoms with Crippen molar-refractivity contribution < 1.29 is 0 Å². The number of aromatic nitrogens is 1. The van der Waals surface area contributed by atoms with Gasteiger partial charge in [0.25, 0.3) is 0 Å². The van der Waals surface area contributed by atoms with Crippen molar-refractivity contribution in [2.24, 2.45) is 5.73 Å². The fourth-order valence-corrected chi connectivity index (χ4v) is 2.54. The zero-order chi connectivity index (χ0) is 13.2. The molecular weight excluding hydrogens is 267 g/mol. The highest BCUT2D eigenvalue weighted by Gasteiger charge is 2.28. The zero-order valence-corrected chi connectivity index (χ0v) is 11.5. The minimum absolute atomic E-state index is 0.588. The molecule has 0 fully saturated rings. The van der Waals surface area contributed by atoms with Crippen LogP contribution in [0, 0.1) is 0 Å². The van der Waals surface area contributed by atoms with Gasteiger partial charge in [-0.1, -0.05) is 36.2 Å². The highest BCUT2D eigenvalue weighted by Crippen LogP contribution is 2.33. The summed E-state index contributed by atoms with van der Waals surface area (Å²) in [4.78, 5) is 4.12. The number of hydrogen-bond acceptors (Lipinski definition) is 2. The third-order valence-corrected chi connectivity index (χ3v) is 3.55. The van der Waals surface area contributed by atoms with Gasteiger partial charge in [-0.25, -0.2) is 0 Å². The molecule has 1 heterocycles. The first-order valence-electron chi connectivity index (χ1n) is 5.72. The molecule has 0 aliphatic rings. The molecule has 0 radical (unpaired) electrons. The van der Waals surface area contributed by atoms with Gasteiger partial charge in [0.05, 0.1) is 5.54 Å². The number of hydrogen-bond donors (Lipinski definition) is 1. The van der Waals surface area contributed by atoms with Crippen molar-refractivity contribution >= 4 is 23.2 Å². The minimum atomic E-state index is -0.622. The Morgan fingerprint density at radius 3 is 2.33 bits per heavy atom. The van der Waals surface area contributed by atoms with Crippen molar-refractivity contribution in [3.63, 3.8) is 0 Å². The number of halogens is 2. The SMILES string of the molecule is CCC(N)(c1cccnc1)c1cc(Cl)cc(Cl)c1. The first-order valence-corrected chi connectivity index (χ1v) is 6.48. The van der Waals surface area contributed by atoms with E-state index >= 15 is 0 Å².